The molecule has 1 aliphatic rings. The third-order valence-electron chi connectivity index (χ3n) is 6.67. The van der Waals surface area contributed by atoms with Crippen molar-refractivity contribution in [3.8, 4) is 0 Å². The highest BCUT2D eigenvalue weighted by molar-refractivity contribution is 7.89. The summed E-state index contributed by atoms with van der Waals surface area (Å²) in [6.07, 6.45) is 3.42. The number of rotatable bonds is 10. The van der Waals surface area contributed by atoms with E-state index in [0.29, 0.717) is 36.8 Å². The maximum atomic E-state index is 13.5. The Morgan fingerprint density at radius 2 is 1.95 bits per heavy atom. The number of aryl methyl sites for hydroxylation is 2. The van der Waals surface area contributed by atoms with E-state index in [9.17, 15) is 12.8 Å². The fourth-order valence-electron chi connectivity index (χ4n) is 4.85. The summed E-state index contributed by atoms with van der Waals surface area (Å²) < 4.78 is 41.9. The van der Waals surface area contributed by atoms with Crippen LogP contribution in [0.4, 0.5) is 15.8 Å². The van der Waals surface area contributed by atoms with Crippen LogP contribution in [0.2, 0.25) is 0 Å². The number of piperazine rings is 1. The number of benzene rings is 2. The number of sulfonamides is 1. The van der Waals surface area contributed by atoms with Crippen molar-refractivity contribution in [1.82, 2.24) is 24.2 Å². The molecule has 2 heterocycles. The third kappa shape index (κ3) is 6.11. The summed E-state index contributed by atoms with van der Waals surface area (Å²) in [4.78, 5) is 3.75. The van der Waals surface area contributed by atoms with Gasteiger partial charge in [0.05, 0.1) is 12.7 Å². The quantitative estimate of drug-likeness (QED) is 0.364. The summed E-state index contributed by atoms with van der Waals surface area (Å²) >= 11 is 0. The predicted molar refractivity (Wildman–Crippen MR) is 147 cm³/mol. The predicted octanol–water partition coefficient (Wildman–Crippen LogP) is 4.58. The van der Waals surface area contributed by atoms with Gasteiger partial charge in [0.2, 0.25) is 5.03 Å². The maximum absolute atomic E-state index is 13.5. The molecule has 0 amide bonds. The number of hydrogen-bond acceptors (Lipinski definition) is 7. The second kappa shape index (κ2) is 11.7. The summed E-state index contributed by atoms with van der Waals surface area (Å²) in [5.41, 5.74) is 4.07. The minimum Gasteiger partial charge on any atom is -0.355 e. The van der Waals surface area contributed by atoms with Gasteiger partial charge in [-0.1, -0.05) is 20.8 Å². The smallest absolute Gasteiger partial charge is 0.264 e. The largest absolute Gasteiger partial charge is 0.355 e. The number of anilines is 2. The number of halogens is 1. The summed E-state index contributed by atoms with van der Waals surface area (Å²) in [7, 11) is -3.81. The molecule has 3 aromatic rings. The van der Waals surface area contributed by atoms with Crippen LogP contribution in [0.3, 0.4) is 0 Å². The van der Waals surface area contributed by atoms with Gasteiger partial charge >= 0.3 is 0 Å². The first-order valence-corrected chi connectivity index (χ1v) is 14.4. The van der Waals surface area contributed by atoms with E-state index in [1.165, 1.54) is 33.6 Å². The normalized spacial score (nSPS) is 17.2. The topological polar surface area (TPSA) is 107 Å². The van der Waals surface area contributed by atoms with Gasteiger partial charge in [0.25, 0.3) is 10.0 Å². The minimum atomic E-state index is -3.81. The van der Waals surface area contributed by atoms with Crippen molar-refractivity contribution in [2.45, 2.75) is 51.7 Å². The summed E-state index contributed by atoms with van der Waals surface area (Å²) in [6, 6.07) is 9.81. The van der Waals surface area contributed by atoms with Gasteiger partial charge < -0.3 is 10.7 Å². The van der Waals surface area contributed by atoms with E-state index in [1.54, 1.807) is 12.1 Å². The van der Waals surface area contributed by atoms with Gasteiger partial charge in [0, 0.05) is 55.4 Å². The molecule has 1 aliphatic heterocycles. The van der Waals surface area contributed by atoms with Crippen molar-refractivity contribution < 1.29 is 12.8 Å². The highest BCUT2D eigenvalue weighted by Gasteiger charge is 2.37. The molecule has 2 aromatic carbocycles. The molecule has 1 fully saturated rings. The van der Waals surface area contributed by atoms with Gasteiger partial charge in [-0.2, -0.15) is 14.2 Å². The SMILES string of the molecule is CCCn1ncc(S(=O)(=O)N2CCN(CC(C)C)C(c3cc(C=N)c(Nc4ccc(F)cc4)cc3C)C2)n1. The molecular weight excluding hydrogens is 505 g/mol. The molecule has 0 bridgehead atoms. The van der Waals surface area contributed by atoms with Crippen LogP contribution < -0.4 is 5.32 Å². The fraction of sp³-hybridized carbons (Fsp3) is 0.444. The average molecular weight is 542 g/mol. The number of hydrogen-bond donors (Lipinski definition) is 2. The fourth-order valence-corrected chi connectivity index (χ4v) is 6.16. The van der Waals surface area contributed by atoms with E-state index in [2.05, 4.69) is 34.3 Å². The van der Waals surface area contributed by atoms with Crippen LogP contribution >= 0.6 is 0 Å². The molecule has 4 rings (SSSR count). The Hall–Kier alpha value is -3.15. The lowest BCUT2D eigenvalue weighted by atomic mass is 9.94. The van der Waals surface area contributed by atoms with Crippen LogP contribution in [-0.2, 0) is 16.6 Å². The second-order valence-electron chi connectivity index (χ2n) is 10.1. The van der Waals surface area contributed by atoms with Gasteiger partial charge in [-0.15, -0.1) is 5.10 Å². The first kappa shape index (κ1) is 27.9. The molecule has 11 heteroatoms. The van der Waals surface area contributed by atoms with Crippen molar-refractivity contribution >= 4 is 27.6 Å². The first-order valence-electron chi connectivity index (χ1n) is 12.9. The van der Waals surface area contributed by atoms with Crippen molar-refractivity contribution in [1.29, 1.82) is 5.41 Å². The van der Waals surface area contributed by atoms with E-state index in [-0.39, 0.29) is 23.4 Å². The molecule has 1 unspecified atom stereocenters. The number of nitrogens with zero attached hydrogens (tertiary/aromatic N) is 5. The molecule has 0 spiro atoms. The Bertz CT molecular complexity index is 1370. The second-order valence-corrected chi connectivity index (χ2v) is 12.0. The van der Waals surface area contributed by atoms with Crippen molar-refractivity contribution in [3.05, 3.63) is 65.1 Å². The summed E-state index contributed by atoms with van der Waals surface area (Å²) in [6.45, 7) is 10.9. The Morgan fingerprint density at radius 1 is 1.21 bits per heavy atom. The van der Waals surface area contributed by atoms with Crippen LogP contribution in [0.15, 0.2) is 47.6 Å². The van der Waals surface area contributed by atoms with E-state index in [0.717, 1.165) is 29.8 Å². The Morgan fingerprint density at radius 3 is 2.61 bits per heavy atom. The van der Waals surface area contributed by atoms with E-state index >= 15 is 0 Å². The van der Waals surface area contributed by atoms with Gasteiger partial charge in [0.1, 0.15) is 5.82 Å². The van der Waals surface area contributed by atoms with Crippen LogP contribution in [0, 0.1) is 24.1 Å². The Labute approximate surface area is 224 Å². The molecule has 204 valence electrons. The van der Waals surface area contributed by atoms with Crippen LogP contribution in [0.25, 0.3) is 0 Å². The lowest BCUT2D eigenvalue weighted by molar-refractivity contribution is 0.104. The van der Waals surface area contributed by atoms with E-state index in [4.69, 9.17) is 5.41 Å². The van der Waals surface area contributed by atoms with Gasteiger partial charge in [0.15, 0.2) is 0 Å². The summed E-state index contributed by atoms with van der Waals surface area (Å²) in [5, 5.41) is 19.6. The molecule has 1 saturated heterocycles. The van der Waals surface area contributed by atoms with Gasteiger partial charge in [-0.05, 0) is 66.8 Å². The zero-order chi connectivity index (χ0) is 27.4. The monoisotopic (exact) mass is 541 g/mol. The molecule has 1 atom stereocenters. The van der Waals surface area contributed by atoms with Crippen molar-refractivity contribution in [3.63, 3.8) is 0 Å². The third-order valence-corrected chi connectivity index (χ3v) is 8.40. The van der Waals surface area contributed by atoms with Crippen molar-refractivity contribution in [2.24, 2.45) is 5.92 Å². The zero-order valence-corrected chi connectivity index (χ0v) is 23.2. The standard InChI is InChI=1S/C27H36FN7O2S/c1-5-10-35-30-16-27(32-35)38(36,37)34-12-11-33(17-19(2)3)26(18-34)24-14-21(15-29)25(13-20(24)4)31-23-8-6-22(28)7-9-23/h6-9,13-16,19,26,29,31H,5,10-12,17-18H2,1-4H3. The Kier molecular flexibility index (Phi) is 8.59. The van der Waals surface area contributed by atoms with Crippen molar-refractivity contribution in [2.75, 3.05) is 31.5 Å². The van der Waals surface area contributed by atoms with E-state index < -0.39 is 10.0 Å². The summed E-state index contributed by atoms with van der Waals surface area (Å²) in [5.74, 6) is 0.0841. The van der Waals surface area contributed by atoms with Gasteiger partial charge in [-0.3, -0.25) is 4.90 Å². The molecule has 2 N–H and O–H groups in total. The first-order chi connectivity index (χ1) is 18.1. The molecule has 0 aliphatic carbocycles. The van der Waals surface area contributed by atoms with Crippen LogP contribution in [-0.4, -0.2) is 65.0 Å². The molecular formula is C27H36FN7O2S. The number of aromatic nitrogens is 3. The molecule has 38 heavy (non-hydrogen) atoms. The molecule has 0 radical (unpaired) electrons. The van der Waals surface area contributed by atoms with Gasteiger partial charge in [-0.25, -0.2) is 12.8 Å². The molecule has 1 aromatic heterocycles. The Balaban J connectivity index is 1.67. The van der Waals surface area contributed by atoms with E-state index in [1.807, 2.05) is 26.0 Å². The van der Waals surface area contributed by atoms with Crippen LogP contribution in [0.1, 0.15) is 49.9 Å². The highest BCUT2D eigenvalue weighted by atomic mass is 32.2. The number of nitrogens with one attached hydrogen (secondary N) is 2. The molecule has 0 saturated carbocycles. The highest BCUT2D eigenvalue weighted by Crippen LogP contribution is 2.34. The van der Waals surface area contributed by atoms with Crippen LogP contribution in [0.5, 0.6) is 0 Å². The lowest BCUT2D eigenvalue weighted by Gasteiger charge is -2.42. The average Bonchev–Trinajstić information content (AvgIpc) is 3.35. The zero-order valence-electron chi connectivity index (χ0n) is 22.4. The lowest BCUT2D eigenvalue weighted by Crippen LogP contribution is -2.51. The maximum Gasteiger partial charge on any atom is 0.264 e. The molecule has 9 nitrogen and oxygen atoms in total. The minimum absolute atomic E-state index is 0.0299.